The summed E-state index contributed by atoms with van der Waals surface area (Å²) in [5, 5.41) is 2.91. The minimum absolute atomic E-state index is 0.00364. The van der Waals surface area contributed by atoms with Crippen molar-refractivity contribution >= 4 is 27.5 Å². The smallest absolute Gasteiger partial charge is 0.244 e. The molecule has 1 atom stereocenters. The fourth-order valence-electron chi connectivity index (χ4n) is 4.07. The van der Waals surface area contributed by atoms with Crippen molar-refractivity contribution in [2.75, 3.05) is 29.8 Å². The molecule has 0 spiro atoms. The third-order valence-electron chi connectivity index (χ3n) is 5.94. The molecular weight excluding hydrogens is 513 g/mol. The van der Waals surface area contributed by atoms with Crippen LogP contribution in [0.1, 0.15) is 46.6 Å². The quantitative estimate of drug-likeness (QED) is 0.487. The van der Waals surface area contributed by atoms with Gasteiger partial charge >= 0.3 is 0 Å². The molecule has 3 rings (SSSR count). The van der Waals surface area contributed by atoms with Crippen LogP contribution in [0.3, 0.4) is 0 Å². The Morgan fingerprint density at radius 2 is 1.66 bits per heavy atom. The molecule has 9 nitrogen and oxygen atoms in total. The summed E-state index contributed by atoms with van der Waals surface area (Å²) in [6.45, 7) is 8.94. The Morgan fingerprint density at radius 3 is 2.24 bits per heavy atom. The van der Waals surface area contributed by atoms with E-state index in [1.54, 1.807) is 19.1 Å². The SMILES string of the molecule is CC[C@@H](C(=O)NC(C)(C)C)N(Cc1ccc(F)cc1)C(=O)CN(c1ccc2c(c1)OCCO2)S(=O)(=O)CC. The van der Waals surface area contributed by atoms with Gasteiger partial charge in [0.15, 0.2) is 11.5 Å². The zero-order chi connectivity index (χ0) is 28.1. The topological polar surface area (TPSA) is 105 Å². The van der Waals surface area contributed by atoms with Gasteiger partial charge in [0.25, 0.3) is 0 Å². The van der Waals surface area contributed by atoms with Crippen molar-refractivity contribution in [1.82, 2.24) is 10.2 Å². The second-order valence-corrected chi connectivity index (χ2v) is 12.2. The number of nitrogens with one attached hydrogen (secondary N) is 1. The third-order valence-corrected chi connectivity index (χ3v) is 7.68. The number of amides is 2. The maximum Gasteiger partial charge on any atom is 0.244 e. The summed E-state index contributed by atoms with van der Waals surface area (Å²) in [5.74, 6) is -0.728. The lowest BCUT2D eigenvalue weighted by Crippen LogP contribution is -2.55. The van der Waals surface area contributed by atoms with E-state index in [-0.39, 0.29) is 23.9 Å². The molecule has 0 unspecified atom stereocenters. The largest absolute Gasteiger partial charge is 0.486 e. The van der Waals surface area contributed by atoms with Crippen LogP contribution in [0.15, 0.2) is 42.5 Å². The number of benzene rings is 2. The van der Waals surface area contributed by atoms with Gasteiger partial charge in [-0.15, -0.1) is 0 Å². The Hall–Kier alpha value is -3.34. The highest BCUT2D eigenvalue weighted by Crippen LogP contribution is 2.35. The first-order valence-electron chi connectivity index (χ1n) is 12.6. The first-order valence-corrected chi connectivity index (χ1v) is 14.2. The van der Waals surface area contributed by atoms with Gasteiger partial charge < -0.3 is 19.7 Å². The molecule has 0 radical (unpaired) electrons. The maximum atomic E-state index is 13.8. The van der Waals surface area contributed by atoms with Crippen molar-refractivity contribution in [2.24, 2.45) is 0 Å². The average Bonchev–Trinajstić information content (AvgIpc) is 2.86. The van der Waals surface area contributed by atoms with Gasteiger partial charge in [-0.1, -0.05) is 19.1 Å². The number of sulfonamides is 1. The summed E-state index contributed by atoms with van der Waals surface area (Å²) in [7, 11) is -3.89. The zero-order valence-electron chi connectivity index (χ0n) is 22.5. The summed E-state index contributed by atoms with van der Waals surface area (Å²) in [6, 6.07) is 9.43. The van der Waals surface area contributed by atoms with Crippen LogP contribution in [0.4, 0.5) is 10.1 Å². The van der Waals surface area contributed by atoms with E-state index in [1.165, 1.54) is 42.2 Å². The minimum Gasteiger partial charge on any atom is -0.486 e. The maximum absolute atomic E-state index is 13.8. The summed E-state index contributed by atoms with van der Waals surface area (Å²) >= 11 is 0. The van der Waals surface area contributed by atoms with Crippen molar-refractivity contribution in [2.45, 2.75) is 59.2 Å². The van der Waals surface area contributed by atoms with Gasteiger partial charge in [0, 0.05) is 18.2 Å². The highest BCUT2D eigenvalue weighted by molar-refractivity contribution is 7.92. The summed E-state index contributed by atoms with van der Waals surface area (Å²) in [5.41, 5.74) is 0.307. The normalized spacial score (nSPS) is 13.9. The number of carbonyl (C=O) groups excluding carboxylic acids is 2. The molecule has 0 aliphatic carbocycles. The number of hydrogen-bond acceptors (Lipinski definition) is 6. The molecule has 38 heavy (non-hydrogen) atoms. The van der Waals surface area contributed by atoms with E-state index in [2.05, 4.69) is 5.32 Å². The number of rotatable bonds is 10. The molecule has 0 fully saturated rings. The molecular formula is C27H36FN3O6S. The molecule has 0 bridgehead atoms. The van der Waals surface area contributed by atoms with Crippen LogP contribution in [0.2, 0.25) is 0 Å². The molecule has 2 aromatic rings. The van der Waals surface area contributed by atoms with E-state index >= 15 is 0 Å². The minimum atomic E-state index is -3.89. The number of halogens is 1. The van der Waals surface area contributed by atoms with Crippen molar-refractivity contribution in [1.29, 1.82) is 0 Å². The van der Waals surface area contributed by atoms with E-state index in [0.29, 0.717) is 36.7 Å². The monoisotopic (exact) mass is 549 g/mol. The lowest BCUT2D eigenvalue weighted by atomic mass is 10.1. The van der Waals surface area contributed by atoms with Gasteiger partial charge in [-0.2, -0.15) is 0 Å². The van der Waals surface area contributed by atoms with E-state index in [9.17, 15) is 22.4 Å². The summed E-state index contributed by atoms with van der Waals surface area (Å²) in [6.07, 6.45) is 0.291. The Kier molecular flexibility index (Phi) is 9.24. The van der Waals surface area contributed by atoms with Crippen LogP contribution in [0, 0.1) is 5.82 Å². The molecule has 0 saturated heterocycles. The molecule has 0 saturated carbocycles. The van der Waals surface area contributed by atoms with Gasteiger partial charge in [-0.05, 0) is 63.9 Å². The van der Waals surface area contributed by atoms with Crippen molar-refractivity contribution in [3.05, 3.63) is 53.8 Å². The number of anilines is 1. The van der Waals surface area contributed by atoms with E-state index in [4.69, 9.17) is 9.47 Å². The molecule has 1 heterocycles. The zero-order valence-corrected chi connectivity index (χ0v) is 23.3. The van der Waals surface area contributed by atoms with Crippen LogP contribution in [-0.2, 0) is 26.2 Å². The average molecular weight is 550 g/mol. The summed E-state index contributed by atoms with van der Waals surface area (Å²) < 4.78 is 52.0. The van der Waals surface area contributed by atoms with E-state index in [1.807, 2.05) is 20.8 Å². The van der Waals surface area contributed by atoms with Crippen LogP contribution < -0.4 is 19.1 Å². The van der Waals surface area contributed by atoms with Gasteiger partial charge in [0.2, 0.25) is 21.8 Å². The van der Waals surface area contributed by atoms with Crippen LogP contribution in [0.25, 0.3) is 0 Å². The fraction of sp³-hybridized carbons (Fsp3) is 0.481. The van der Waals surface area contributed by atoms with Crippen molar-refractivity contribution in [3.8, 4) is 11.5 Å². The third kappa shape index (κ3) is 7.37. The Balaban J connectivity index is 1.99. The van der Waals surface area contributed by atoms with E-state index in [0.717, 1.165) is 4.31 Å². The molecule has 208 valence electrons. The van der Waals surface area contributed by atoms with Gasteiger partial charge in [0.1, 0.15) is 31.6 Å². The Bertz CT molecular complexity index is 1240. The van der Waals surface area contributed by atoms with Crippen molar-refractivity contribution in [3.63, 3.8) is 0 Å². The lowest BCUT2D eigenvalue weighted by molar-refractivity contribution is -0.141. The first-order chi connectivity index (χ1) is 17.8. The molecule has 1 N–H and O–H groups in total. The number of fused-ring (bicyclic) bond motifs is 1. The second kappa shape index (κ2) is 12.0. The number of ether oxygens (including phenoxy) is 2. The number of carbonyl (C=O) groups is 2. The van der Waals surface area contributed by atoms with E-state index < -0.39 is 39.9 Å². The summed E-state index contributed by atoms with van der Waals surface area (Å²) in [4.78, 5) is 28.4. The number of nitrogens with zero attached hydrogens (tertiary/aromatic N) is 2. The molecule has 1 aliphatic rings. The predicted octanol–water partition coefficient (Wildman–Crippen LogP) is 3.48. The van der Waals surface area contributed by atoms with Gasteiger partial charge in [-0.3, -0.25) is 13.9 Å². The fourth-order valence-corrected chi connectivity index (χ4v) is 5.12. The predicted molar refractivity (Wildman–Crippen MR) is 143 cm³/mol. The molecule has 0 aromatic heterocycles. The molecule has 1 aliphatic heterocycles. The van der Waals surface area contributed by atoms with Crippen LogP contribution in [0.5, 0.6) is 11.5 Å². The molecule has 2 aromatic carbocycles. The van der Waals surface area contributed by atoms with Gasteiger partial charge in [-0.25, -0.2) is 12.8 Å². The molecule has 2 amide bonds. The standard InChI is InChI=1S/C27H36FN3O6S/c1-6-22(26(33)29-27(3,4)5)30(17-19-8-10-20(28)11-9-19)25(32)18-31(38(34,35)7-2)21-12-13-23-24(16-21)37-15-14-36-23/h8-13,16,22H,6-7,14-15,17-18H2,1-5H3,(H,29,33)/t22-/m0/s1. The Labute approximate surface area is 224 Å². The first kappa shape index (κ1) is 29.2. The Morgan fingerprint density at radius 1 is 1.03 bits per heavy atom. The highest BCUT2D eigenvalue weighted by Gasteiger charge is 2.34. The van der Waals surface area contributed by atoms with Crippen LogP contribution in [-0.4, -0.2) is 62.2 Å². The van der Waals surface area contributed by atoms with Crippen LogP contribution >= 0.6 is 0 Å². The highest BCUT2D eigenvalue weighted by atomic mass is 32.2. The second-order valence-electron chi connectivity index (χ2n) is 10.0. The number of hydrogen-bond donors (Lipinski definition) is 1. The van der Waals surface area contributed by atoms with Gasteiger partial charge in [0.05, 0.1) is 11.4 Å². The molecule has 11 heteroatoms. The lowest BCUT2D eigenvalue weighted by Gasteiger charge is -2.34. The van der Waals surface area contributed by atoms with Crippen molar-refractivity contribution < 1.29 is 31.9 Å².